The molecule has 0 atom stereocenters. The van der Waals surface area contributed by atoms with Crippen molar-refractivity contribution >= 4 is 17.3 Å². The van der Waals surface area contributed by atoms with Crippen LogP contribution >= 0.6 is 11.6 Å². The Morgan fingerprint density at radius 1 is 1.24 bits per heavy atom. The van der Waals surface area contributed by atoms with Gasteiger partial charge in [0, 0.05) is 18.0 Å². The van der Waals surface area contributed by atoms with Crippen LogP contribution in [-0.2, 0) is 6.61 Å². The Morgan fingerprint density at radius 3 is 2.86 bits per heavy atom. The third-order valence-electron chi connectivity index (χ3n) is 3.94. The standard InChI is InChI=1S/C16H20ClN3O/c17-15-7-6-12(18)10-16(15)21-11-13-8-9-20(19-13)14-4-2-1-3-5-14/h6-10,14H,1-5,11,18H2. The van der Waals surface area contributed by atoms with Crippen LogP contribution in [0.5, 0.6) is 5.75 Å². The molecule has 1 aromatic carbocycles. The maximum atomic E-state index is 6.08. The van der Waals surface area contributed by atoms with Crippen LogP contribution in [0, 0.1) is 0 Å². The SMILES string of the molecule is Nc1ccc(Cl)c(OCc2ccn(C3CCCCC3)n2)c1. The van der Waals surface area contributed by atoms with Crippen LogP contribution < -0.4 is 10.5 Å². The first-order chi connectivity index (χ1) is 10.2. The number of benzene rings is 1. The van der Waals surface area contributed by atoms with E-state index in [0.717, 1.165) is 5.69 Å². The molecular formula is C16H20ClN3O. The van der Waals surface area contributed by atoms with Crippen molar-refractivity contribution in [1.82, 2.24) is 9.78 Å². The maximum absolute atomic E-state index is 6.08. The molecule has 0 amide bonds. The number of halogens is 1. The average Bonchev–Trinajstić information content (AvgIpc) is 2.98. The molecule has 1 aliphatic carbocycles. The molecule has 1 aliphatic rings. The van der Waals surface area contributed by atoms with Gasteiger partial charge in [-0.05, 0) is 31.0 Å². The molecule has 1 fully saturated rings. The number of nitrogens with two attached hydrogens (primary N) is 1. The summed E-state index contributed by atoms with van der Waals surface area (Å²) in [7, 11) is 0. The van der Waals surface area contributed by atoms with Crippen molar-refractivity contribution in [1.29, 1.82) is 0 Å². The summed E-state index contributed by atoms with van der Waals surface area (Å²) in [6, 6.07) is 7.79. The van der Waals surface area contributed by atoms with Gasteiger partial charge >= 0.3 is 0 Å². The van der Waals surface area contributed by atoms with Crippen LogP contribution in [0.25, 0.3) is 0 Å². The Morgan fingerprint density at radius 2 is 2.05 bits per heavy atom. The molecule has 0 saturated heterocycles. The van der Waals surface area contributed by atoms with Gasteiger partial charge in [-0.2, -0.15) is 5.10 Å². The van der Waals surface area contributed by atoms with Gasteiger partial charge in [0.1, 0.15) is 12.4 Å². The minimum absolute atomic E-state index is 0.406. The third kappa shape index (κ3) is 3.50. The molecular weight excluding hydrogens is 286 g/mol. The molecule has 0 bridgehead atoms. The number of hydrogen-bond acceptors (Lipinski definition) is 3. The summed E-state index contributed by atoms with van der Waals surface area (Å²) < 4.78 is 7.80. The van der Waals surface area contributed by atoms with Crippen LogP contribution in [0.15, 0.2) is 30.5 Å². The Bertz CT molecular complexity index is 605. The lowest BCUT2D eigenvalue weighted by molar-refractivity contribution is 0.291. The summed E-state index contributed by atoms with van der Waals surface area (Å²) in [4.78, 5) is 0. The molecule has 112 valence electrons. The highest BCUT2D eigenvalue weighted by molar-refractivity contribution is 6.32. The zero-order chi connectivity index (χ0) is 14.7. The predicted molar refractivity (Wildman–Crippen MR) is 84.5 cm³/mol. The Labute approximate surface area is 129 Å². The molecule has 1 heterocycles. The molecule has 1 saturated carbocycles. The molecule has 0 spiro atoms. The number of rotatable bonds is 4. The van der Waals surface area contributed by atoms with Gasteiger partial charge in [-0.3, -0.25) is 4.68 Å². The van der Waals surface area contributed by atoms with E-state index in [-0.39, 0.29) is 0 Å². The van der Waals surface area contributed by atoms with Crippen molar-refractivity contribution in [3.63, 3.8) is 0 Å². The van der Waals surface area contributed by atoms with Gasteiger partial charge in [0.15, 0.2) is 0 Å². The van der Waals surface area contributed by atoms with E-state index in [9.17, 15) is 0 Å². The quantitative estimate of drug-likeness (QED) is 0.861. The van der Waals surface area contributed by atoms with Crippen LogP contribution in [0.2, 0.25) is 5.02 Å². The fourth-order valence-corrected chi connectivity index (χ4v) is 2.96. The highest BCUT2D eigenvalue weighted by Crippen LogP contribution is 2.29. The summed E-state index contributed by atoms with van der Waals surface area (Å²) in [5, 5.41) is 5.18. The van der Waals surface area contributed by atoms with E-state index in [2.05, 4.69) is 16.0 Å². The first-order valence-corrected chi connectivity index (χ1v) is 7.82. The molecule has 2 aromatic rings. The third-order valence-corrected chi connectivity index (χ3v) is 4.26. The predicted octanol–water partition coefficient (Wildman–Crippen LogP) is 4.20. The van der Waals surface area contributed by atoms with Crippen LogP contribution in [-0.4, -0.2) is 9.78 Å². The van der Waals surface area contributed by atoms with E-state index in [1.165, 1.54) is 32.1 Å². The van der Waals surface area contributed by atoms with Crippen LogP contribution in [0.4, 0.5) is 5.69 Å². The van der Waals surface area contributed by atoms with Gasteiger partial charge < -0.3 is 10.5 Å². The van der Waals surface area contributed by atoms with E-state index >= 15 is 0 Å². The number of hydrogen-bond donors (Lipinski definition) is 1. The molecule has 3 rings (SSSR count). The van der Waals surface area contributed by atoms with Gasteiger partial charge in [0.25, 0.3) is 0 Å². The number of nitrogen functional groups attached to an aromatic ring is 1. The number of anilines is 1. The molecule has 0 radical (unpaired) electrons. The molecule has 21 heavy (non-hydrogen) atoms. The van der Waals surface area contributed by atoms with E-state index in [4.69, 9.17) is 22.1 Å². The smallest absolute Gasteiger partial charge is 0.140 e. The Hall–Kier alpha value is -1.68. The average molecular weight is 306 g/mol. The largest absolute Gasteiger partial charge is 0.486 e. The summed E-state index contributed by atoms with van der Waals surface area (Å²) in [5.41, 5.74) is 7.30. The van der Waals surface area contributed by atoms with Crippen molar-refractivity contribution in [2.45, 2.75) is 44.8 Å². The van der Waals surface area contributed by atoms with E-state index < -0.39 is 0 Å². The van der Waals surface area contributed by atoms with E-state index in [1.54, 1.807) is 18.2 Å². The van der Waals surface area contributed by atoms with Gasteiger partial charge in [-0.25, -0.2) is 0 Å². The minimum Gasteiger partial charge on any atom is -0.486 e. The zero-order valence-corrected chi connectivity index (χ0v) is 12.7. The minimum atomic E-state index is 0.406. The number of ether oxygens (including phenoxy) is 1. The molecule has 2 N–H and O–H groups in total. The summed E-state index contributed by atoms with van der Waals surface area (Å²) in [6.07, 6.45) is 8.45. The lowest BCUT2D eigenvalue weighted by Gasteiger charge is -2.21. The van der Waals surface area contributed by atoms with Gasteiger partial charge in [-0.1, -0.05) is 30.9 Å². The summed E-state index contributed by atoms with van der Waals surface area (Å²) in [5.74, 6) is 0.601. The molecule has 0 unspecified atom stereocenters. The molecule has 1 aromatic heterocycles. The monoisotopic (exact) mass is 305 g/mol. The van der Waals surface area contributed by atoms with Gasteiger partial charge in [0.05, 0.1) is 16.8 Å². The normalized spacial score (nSPS) is 16.0. The van der Waals surface area contributed by atoms with Gasteiger partial charge in [-0.15, -0.1) is 0 Å². The molecule has 5 heteroatoms. The van der Waals surface area contributed by atoms with Gasteiger partial charge in [0.2, 0.25) is 0 Å². The second kappa shape index (κ2) is 6.39. The lowest BCUT2D eigenvalue weighted by Crippen LogP contribution is -2.13. The first kappa shape index (κ1) is 14.3. The van der Waals surface area contributed by atoms with Crippen molar-refractivity contribution < 1.29 is 4.74 Å². The second-order valence-electron chi connectivity index (χ2n) is 5.56. The van der Waals surface area contributed by atoms with Crippen molar-refractivity contribution in [3.05, 3.63) is 41.2 Å². The summed E-state index contributed by atoms with van der Waals surface area (Å²) >= 11 is 6.08. The van der Waals surface area contributed by atoms with Crippen molar-refractivity contribution in [2.24, 2.45) is 0 Å². The number of nitrogens with zero attached hydrogens (tertiary/aromatic N) is 2. The first-order valence-electron chi connectivity index (χ1n) is 7.44. The summed E-state index contributed by atoms with van der Waals surface area (Å²) in [6.45, 7) is 0.406. The Kier molecular flexibility index (Phi) is 4.34. The van der Waals surface area contributed by atoms with Crippen LogP contribution in [0.1, 0.15) is 43.8 Å². The van der Waals surface area contributed by atoms with Crippen molar-refractivity contribution in [3.8, 4) is 5.75 Å². The van der Waals surface area contributed by atoms with Crippen molar-refractivity contribution in [2.75, 3.05) is 5.73 Å². The lowest BCUT2D eigenvalue weighted by atomic mass is 9.96. The molecule has 0 aliphatic heterocycles. The fraction of sp³-hybridized carbons (Fsp3) is 0.438. The van der Waals surface area contributed by atoms with E-state index in [1.807, 2.05) is 6.07 Å². The second-order valence-corrected chi connectivity index (χ2v) is 5.96. The topological polar surface area (TPSA) is 53.1 Å². The highest BCUT2D eigenvalue weighted by atomic mass is 35.5. The zero-order valence-electron chi connectivity index (χ0n) is 12.0. The number of aromatic nitrogens is 2. The highest BCUT2D eigenvalue weighted by Gasteiger charge is 2.16. The Balaban J connectivity index is 1.63. The molecule has 4 nitrogen and oxygen atoms in total. The fourth-order valence-electron chi connectivity index (χ4n) is 2.79. The maximum Gasteiger partial charge on any atom is 0.140 e. The van der Waals surface area contributed by atoms with E-state index in [0.29, 0.717) is 29.1 Å². The van der Waals surface area contributed by atoms with Crippen LogP contribution in [0.3, 0.4) is 0 Å².